The summed E-state index contributed by atoms with van der Waals surface area (Å²) in [4.78, 5) is 4.68. The van der Waals surface area contributed by atoms with E-state index < -0.39 is 0 Å². The van der Waals surface area contributed by atoms with E-state index in [0.29, 0.717) is 0 Å². The fourth-order valence-corrected chi connectivity index (χ4v) is 9.68. The number of rotatable bonds is 8. The predicted molar refractivity (Wildman–Crippen MR) is 268 cm³/mol. The minimum atomic E-state index is 1.08. The molecule has 0 saturated heterocycles. The molecular formula is C60H41N3. The van der Waals surface area contributed by atoms with Crippen molar-refractivity contribution in [1.29, 1.82) is 0 Å². The lowest BCUT2D eigenvalue weighted by Gasteiger charge is -2.29. The summed E-state index contributed by atoms with van der Waals surface area (Å²) >= 11 is 0. The lowest BCUT2D eigenvalue weighted by atomic mass is 9.97. The summed E-state index contributed by atoms with van der Waals surface area (Å²) in [5.74, 6) is 0. The molecule has 3 nitrogen and oxygen atoms in total. The standard InChI is InChI=1S/C60H41N3/c1-3-18-45(19-4-1)61(46-20-5-2-6-21-46)47-38-40-49(41-39-47)62(57-29-15-17-44-16-7-8-22-51(44)57)48-34-30-42(31-35-48)43-32-36-50(37-33-43)63-58-28-14-13-27-56(58)59-54-25-11-9-23-52(54)53-24-10-12-26-55(53)60(59)63/h1-41H. The van der Waals surface area contributed by atoms with Gasteiger partial charge in [-0.2, -0.15) is 0 Å². The predicted octanol–water partition coefficient (Wildman–Crippen LogP) is 16.8. The molecule has 0 amide bonds. The topological polar surface area (TPSA) is 11.4 Å². The zero-order chi connectivity index (χ0) is 41.7. The highest BCUT2D eigenvalue weighted by Gasteiger charge is 2.20. The maximum Gasteiger partial charge on any atom is 0.0625 e. The fourth-order valence-electron chi connectivity index (χ4n) is 9.68. The minimum Gasteiger partial charge on any atom is -0.311 e. The van der Waals surface area contributed by atoms with Crippen molar-refractivity contribution >= 4 is 88.2 Å². The third-order valence-electron chi connectivity index (χ3n) is 12.5. The Kier molecular flexibility index (Phi) is 8.83. The molecule has 0 saturated carbocycles. The van der Waals surface area contributed by atoms with Crippen LogP contribution >= 0.6 is 0 Å². The number of para-hydroxylation sites is 3. The normalized spacial score (nSPS) is 11.5. The van der Waals surface area contributed by atoms with Crippen LogP contribution in [0.2, 0.25) is 0 Å². The Morgan fingerprint density at radius 3 is 1.33 bits per heavy atom. The summed E-state index contributed by atoms with van der Waals surface area (Å²) in [5.41, 5.74) is 12.6. The molecule has 0 spiro atoms. The average molecular weight is 804 g/mol. The van der Waals surface area contributed by atoms with Crippen molar-refractivity contribution in [3.8, 4) is 16.8 Å². The van der Waals surface area contributed by atoms with Crippen LogP contribution in [0.3, 0.4) is 0 Å². The summed E-state index contributed by atoms with van der Waals surface area (Å²) in [6, 6.07) is 89.9. The molecule has 3 heteroatoms. The highest BCUT2D eigenvalue weighted by Crippen LogP contribution is 2.44. The molecule has 0 radical (unpaired) electrons. The van der Waals surface area contributed by atoms with Gasteiger partial charge in [0.25, 0.3) is 0 Å². The van der Waals surface area contributed by atoms with Gasteiger partial charge in [0.1, 0.15) is 0 Å². The van der Waals surface area contributed by atoms with Crippen LogP contribution in [0.15, 0.2) is 249 Å². The van der Waals surface area contributed by atoms with E-state index in [2.05, 4.69) is 263 Å². The summed E-state index contributed by atoms with van der Waals surface area (Å²) in [5, 5.41) is 10.1. The lowest BCUT2D eigenvalue weighted by Crippen LogP contribution is -2.12. The fraction of sp³-hybridized carbons (Fsp3) is 0. The number of benzene rings is 11. The Hall–Kier alpha value is -8.40. The second kappa shape index (κ2) is 15.3. The molecule has 0 aliphatic carbocycles. The van der Waals surface area contributed by atoms with E-state index in [0.717, 1.165) is 39.8 Å². The van der Waals surface area contributed by atoms with Gasteiger partial charge in [0.2, 0.25) is 0 Å². The van der Waals surface area contributed by atoms with Gasteiger partial charge in [0.15, 0.2) is 0 Å². The van der Waals surface area contributed by atoms with Crippen LogP contribution in [0.5, 0.6) is 0 Å². The highest BCUT2D eigenvalue weighted by atomic mass is 15.2. The average Bonchev–Trinajstić information content (AvgIpc) is 3.72. The number of nitrogens with zero attached hydrogens (tertiary/aromatic N) is 3. The second-order valence-electron chi connectivity index (χ2n) is 16.1. The first-order chi connectivity index (χ1) is 31.3. The van der Waals surface area contributed by atoms with Gasteiger partial charge in [0, 0.05) is 55.7 Å². The zero-order valence-electron chi connectivity index (χ0n) is 34.5. The van der Waals surface area contributed by atoms with Gasteiger partial charge >= 0.3 is 0 Å². The SMILES string of the molecule is c1ccc(N(c2ccccc2)c2ccc(N(c3ccc(-c4ccc(-n5c6ccccc6c6c7ccccc7c7ccccc7c65)cc4)cc3)c3cccc4ccccc34)cc2)cc1. The Balaban J connectivity index is 0.936. The maximum atomic E-state index is 2.46. The highest BCUT2D eigenvalue weighted by molar-refractivity contribution is 6.32. The van der Waals surface area contributed by atoms with Gasteiger partial charge in [-0.1, -0.05) is 164 Å². The molecule has 63 heavy (non-hydrogen) atoms. The number of anilines is 6. The van der Waals surface area contributed by atoms with Crippen molar-refractivity contribution in [2.45, 2.75) is 0 Å². The van der Waals surface area contributed by atoms with Gasteiger partial charge in [-0.15, -0.1) is 0 Å². The molecule has 0 aliphatic rings. The lowest BCUT2D eigenvalue weighted by molar-refractivity contribution is 1.19. The first kappa shape index (κ1) is 36.5. The van der Waals surface area contributed by atoms with E-state index in [-0.39, 0.29) is 0 Å². The van der Waals surface area contributed by atoms with Crippen LogP contribution in [-0.2, 0) is 0 Å². The van der Waals surface area contributed by atoms with E-state index in [1.54, 1.807) is 0 Å². The smallest absolute Gasteiger partial charge is 0.0625 e. The van der Waals surface area contributed by atoms with Crippen LogP contribution in [0.4, 0.5) is 34.1 Å². The number of hydrogen-bond acceptors (Lipinski definition) is 2. The molecule has 0 bridgehead atoms. The van der Waals surface area contributed by atoms with Gasteiger partial charge in [-0.05, 0) is 118 Å². The molecule has 0 fully saturated rings. The van der Waals surface area contributed by atoms with Gasteiger partial charge in [-0.25, -0.2) is 0 Å². The van der Waals surface area contributed by atoms with Crippen LogP contribution in [-0.4, -0.2) is 4.57 Å². The summed E-state index contributed by atoms with van der Waals surface area (Å²) in [6.45, 7) is 0. The van der Waals surface area contributed by atoms with Crippen molar-refractivity contribution in [3.63, 3.8) is 0 Å². The Morgan fingerprint density at radius 2 is 0.698 bits per heavy atom. The van der Waals surface area contributed by atoms with E-state index in [4.69, 9.17) is 0 Å². The summed E-state index contributed by atoms with van der Waals surface area (Å²) in [6.07, 6.45) is 0. The Morgan fingerprint density at radius 1 is 0.270 bits per heavy atom. The van der Waals surface area contributed by atoms with Crippen molar-refractivity contribution < 1.29 is 0 Å². The van der Waals surface area contributed by atoms with E-state index in [1.165, 1.54) is 65.3 Å². The Labute approximate surface area is 366 Å². The quantitative estimate of drug-likeness (QED) is 0.142. The zero-order valence-corrected chi connectivity index (χ0v) is 34.5. The monoisotopic (exact) mass is 803 g/mol. The molecule has 296 valence electrons. The molecule has 11 aromatic carbocycles. The van der Waals surface area contributed by atoms with Crippen LogP contribution < -0.4 is 9.80 Å². The molecule has 0 aliphatic heterocycles. The Bertz CT molecular complexity index is 3550. The number of aromatic nitrogens is 1. The minimum absolute atomic E-state index is 1.08. The van der Waals surface area contributed by atoms with Crippen LogP contribution in [0, 0.1) is 0 Å². The molecule has 1 heterocycles. The number of fused-ring (bicyclic) bond motifs is 9. The molecule has 1 aromatic heterocycles. The molecule has 12 aromatic rings. The van der Waals surface area contributed by atoms with E-state index in [1.807, 2.05) is 0 Å². The van der Waals surface area contributed by atoms with Crippen molar-refractivity contribution in [1.82, 2.24) is 4.57 Å². The van der Waals surface area contributed by atoms with Gasteiger partial charge in [0.05, 0.1) is 16.7 Å². The van der Waals surface area contributed by atoms with Crippen LogP contribution in [0.25, 0.3) is 70.9 Å². The molecular weight excluding hydrogens is 763 g/mol. The molecule has 12 rings (SSSR count). The summed E-state index contributed by atoms with van der Waals surface area (Å²) in [7, 11) is 0. The largest absolute Gasteiger partial charge is 0.311 e. The summed E-state index contributed by atoms with van der Waals surface area (Å²) < 4.78 is 2.46. The van der Waals surface area contributed by atoms with E-state index >= 15 is 0 Å². The molecule has 0 unspecified atom stereocenters. The number of hydrogen-bond donors (Lipinski definition) is 0. The molecule has 0 atom stereocenters. The second-order valence-corrected chi connectivity index (χ2v) is 16.1. The maximum absolute atomic E-state index is 2.46. The van der Waals surface area contributed by atoms with Gasteiger partial charge < -0.3 is 14.4 Å². The molecule has 0 N–H and O–H groups in total. The van der Waals surface area contributed by atoms with Crippen LogP contribution in [0.1, 0.15) is 0 Å². The third-order valence-corrected chi connectivity index (χ3v) is 12.5. The van der Waals surface area contributed by atoms with Crippen molar-refractivity contribution in [2.24, 2.45) is 0 Å². The van der Waals surface area contributed by atoms with Crippen molar-refractivity contribution in [3.05, 3.63) is 249 Å². The first-order valence-corrected chi connectivity index (χ1v) is 21.6. The van der Waals surface area contributed by atoms with E-state index in [9.17, 15) is 0 Å². The third kappa shape index (κ3) is 6.21. The first-order valence-electron chi connectivity index (χ1n) is 21.6. The van der Waals surface area contributed by atoms with Crippen molar-refractivity contribution in [2.75, 3.05) is 9.80 Å². The van der Waals surface area contributed by atoms with Gasteiger partial charge in [-0.3, -0.25) is 0 Å².